The molecule has 0 spiro atoms. The SMILES string of the molecule is CC(CNC1CCCC1(C)C)CN(C)C(=O)OC(C)(C)C. The third-order valence-electron chi connectivity index (χ3n) is 4.26. The van der Waals surface area contributed by atoms with Gasteiger partial charge >= 0.3 is 6.09 Å². The molecule has 2 atom stereocenters. The maximum absolute atomic E-state index is 11.9. The molecule has 1 rings (SSSR count). The fourth-order valence-electron chi connectivity index (χ4n) is 3.00. The number of carbonyl (C=O) groups is 1. The average Bonchev–Trinajstić information content (AvgIpc) is 2.63. The summed E-state index contributed by atoms with van der Waals surface area (Å²) in [6.07, 6.45) is 3.64. The average molecular weight is 298 g/mol. The summed E-state index contributed by atoms with van der Waals surface area (Å²) in [4.78, 5) is 13.6. The molecule has 0 bridgehead atoms. The van der Waals surface area contributed by atoms with E-state index in [0.717, 1.165) is 13.1 Å². The van der Waals surface area contributed by atoms with Crippen LogP contribution in [0.25, 0.3) is 0 Å². The molecular weight excluding hydrogens is 264 g/mol. The summed E-state index contributed by atoms with van der Waals surface area (Å²) < 4.78 is 5.38. The zero-order valence-electron chi connectivity index (χ0n) is 15.0. The van der Waals surface area contributed by atoms with Crippen molar-refractivity contribution in [2.24, 2.45) is 11.3 Å². The minimum atomic E-state index is -0.430. The number of rotatable bonds is 5. The minimum absolute atomic E-state index is 0.240. The molecule has 1 N–H and O–H groups in total. The Morgan fingerprint density at radius 3 is 2.52 bits per heavy atom. The van der Waals surface area contributed by atoms with Crippen LogP contribution in [0.1, 0.15) is 60.8 Å². The topological polar surface area (TPSA) is 41.6 Å². The Balaban J connectivity index is 2.33. The Morgan fingerprint density at radius 1 is 1.43 bits per heavy atom. The number of nitrogens with one attached hydrogen (secondary N) is 1. The summed E-state index contributed by atoms with van der Waals surface area (Å²) in [6.45, 7) is 14.2. The van der Waals surface area contributed by atoms with Crippen molar-refractivity contribution in [3.8, 4) is 0 Å². The molecule has 2 unspecified atom stereocenters. The molecule has 4 heteroatoms. The molecule has 124 valence electrons. The van der Waals surface area contributed by atoms with Gasteiger partial charge in [-0.05, 0) is 51.5 Å². The number of carbonyl (C=O) groups excluding carboxylic acids is 1. The number of hydrogen-bond acceptors (Lipinski definition) is 3. The van der Waals surface area contributed by atoms with E-state index in [4.69, 9.17) is 4.74 Å². The molecular formula is C17H34N2O2. The maximum atomic E-state index is 11.9. The van der Waals surface area contributed by atoms with Crippen molar-refractivity contribution in [1.82, 2.24) is 10.2 Å². The first kappa shape index (κ1) is 18.3. The lowest BCUT2D eigenvalue weighted by Crippen LogP contribution is -2.43. The molecule has 0 radical (unpaired) electrons. The van der Waals surface area contributed by atoms with Crippen molar-refractivity contribution in [2.45, 2.75) is 72.4 Å². The minimum Gasteiger partial charge on any atom is -0.444 e. The van der Waals surface area contributed by atoms with Crippen molar-refractivity contribution in [3.05, 3.63) is 0 Å². The molecule has 1 fully saturated rings. The fraction of sp³-hybridized carbons (Fsp3) is 0.941. The van der Waals surface area contributed by atoms with Crippen LogP contribution >= 0.6 is 0 Å². The van der Waals surface area contributed by atoms with E-state index in [1.54, 1.807) is 4.90 Å². The third-order valence-corrected chi connectivity index (χ3v) is 4.26. The van der Waals surface area contributed by atoms with Crippen molar-refractivity contribution in [1.29, 1.82) is 0 Å². The van der Waals surface area contributed by atoms with Gasteiger partial charge in [0.2, 0.25) is 0 Å². The second-order valence-electron chi connectivity index (χ2n) is 8.31. The largest absolute Gasteiger partial charge is 0.444 e. The van der Waals surface area contributed by atoms with Crippen LogP contribution in [0.2, 0.25) is 0 Å². The molecule has 4 nitrogen and oxygen atoms in total. The Bertz CT molecular complexity index is 347. The number of amides is 1. The quantitative estimate of drug-likeness (QED) is 0.842. The summed E-state index contributed by atoms with van der Waals surface area (Å²) in [7, 11) is 1.81. The van der Waals surface area contributed by atoms with Gasteiger partial charge in [0.25, 0.3) is 0 Å². The van der Waals surface area contributed by atoms with Crippen molar-refractivity contribution < 1.29 is 9.53 Å². The highest BCUT2D eigenvalue weighted by Gasteiger charge is 2.34. The Hall–Kier alpha value is -0.770. The third kappa shape index (κ3) is 6.25. The van der Waals surface area contributed by atoms with Gasteiger partial charge in [0.05, 0.1) is 0 Å². The summed E-state index contributed by atoms with van der Waals surface area (Å²) in [5.74, 6) is 0.416. The van der Waals surface area contributed by atoms with Crippen molar-refractivity contribution in [3.63, 3.8) is 0 Å². The highest BCUT2D eigenvalue weighted by molar-refractivity contribution is 5.67. The predicted molar refractivity (Wildman–Crippen MR) is 87.5 cm³/mol. The fourth-order valence-corrected chi connectivity index (χ4v) is 3.00. The van der Waals surface area contributed by atoms with E-state index in [1.165, 1.54) is 19.3 Å². The standard InChI is InChI=1S/C17H34N2O2/c1-13(11-18-14-9-8-10-17(14,5)6)12-19(7)15(20)21-16(2,3)4/h13-14,18H,8-12H2,1-7H3. The molecule has 0 heterocycles. The summed E-state index contributed by atoms with van der Waals surface area (Å²) in [6, 6.07) is 0.604. The number of ether oxygens (including phenoxy) is 1. The van der Waals surface area contributed by atoms with Gasteiger partial charge in [-0.3, -0.25) is 0 Å². The highest BCUT2D eigenvalue weighted by atomic mass is 16.6. The van der Waals surface area contributed by atoms with Gasteiger partial charge in [0.15, 0.2) is 0 Å². The highest BCUT2D eigenvalue weighted by Crippen LogP contribution is 2.37. The van der Waals surface area contributed by atoms with E-state index >= 15 is 0 Å². The van der Waals surface area contributed by atoms with Crippen LogP contribution in [0, 0.1) is 11.3 Å². The zero-order valence-corrected chi connectivity index (χ0v) is 15.0. The molecule has 21 heavy (non-hydrogen) atoms. The van der Waals surface area contributed by atoms with E-state index in [9.17, 15) is 4.79 Å². The van der Waals surface area contributed by atoms with Crippen LogP contribution in [0.5, 0.6) is 0 Å². The van der Waals surface area contributed by atoms with Crippen LogP contribution in [-0.2, 0) is 4.74 Å². The van der Waals surface area contributed by atoms with E-state index in [-0.39, 0.29) is 6.09 Å². The zero-order chi connectivity index (χ0) is 16.3. The summed E-state index contributed by atoms with van der Waals surface area (Å²) >= 11 is 0. The van der Waals surface area contributed by atoms with Gasteiger partial charge in [-0.2, -0.15) is 0 Å². The van der Waals surface area contributed by atoms with E-state index in [0.29, 0.717) is 17.4 Å². The lowest BCUT2D eigenvalue weighted by atomic mass is 9.87. The van der Waals surface area contributed by atoms with Gasteiger partial charge in [0.1, 0.15) is 5.60 Å². The van der Waals surface area contributed by atoms with Gasteiger partial charge < -0.3 is 15.0 Å². The maximum Gasteiger partial charge on any atom is 0.410 e. The molecule has 0 aromatic rings. The molecule has 0 saturated heterocycles. The van der Waals surface area contributed by atoms with Crippen LogP contribution in [0.3, 0.4) is 0 Å². The predicted octanol–water partition coefficient (Wildman–Crippen LogP) is 3.66. The Labute approximate surface area is 130 Å². The molecule has 0 aromatic carbocycles. The van der Waals surface area contributed by atoms with E-state index in [1.807, 2.05) is 27.8 Å². The monoisotopic (exact) mass is 298 g/mol. The first-order valence-corrected chi connectivity index (χ1v) is 8.19. The number of nitrogens with zero attached hydrogens (tertiary/aromatic N) is 1. The first-order chi connectivity index (χ1) is 9.51. The van der Waals surface area contributed by atoms with E-state index < -0.39 is 5.60 Å². The van der Waals surface area contributed by atoms with Crippen molar-refractivity contribution in [2.75, 3.05) is 20.1 Å². The second-order valence-corrected chi connectivity index (χ2v) is 8.31. The van der Waals surface area contributed by atoms with Gasteiger partial charge in [-0.15, -0.1) is 0 Å². The molecule has 1 aliphatic rings. The molecule has 1 amide bonds. The lowest BCUT2D eigenvalue weighted by Gasteiger charge is -2.30. The Morgan fingerprint density at radius 2 is 2.05 bits per heavy atom. The van der Waals surface area contributed by atoms with E-state index in [2.05, 4.69) is 26.1 Å². The molecule has 0 aliphatic heterocycles. The summed E-state index contributed by atoms with van der Waals surface area (Å²) in [5, 5.41) is 3.69. The normalized spacial score (nSPS) is 22.9. The summed E-state index contributed by atoms with van der Waals surface area (Å²) in [5.41, 5.74) is -0.0303. The van der Waals surface area contributed by atoms with Gasteiger partial charge in [-0.1, -0.05) is 27.2 Å². The lowest BCUT2D eigenvalue weighted by molar-refractivity contribution is 0.0275. The van der Waals surface area contributed by atoms with Gasteiger partial charge in [0, 0.05) is 19.6 Å². The van der Waals surface area contributed by atoms with Crippen LogP contribution in [-0.4, -0.2) is 42.8 Å². The molecule has 1 aliphatic carbocycles. The first-order valence-electron chi connectivity index (χ1n) is 8.19. The molecule has 1 saturated carbocycles. The smallest absolute Gasteiger partial charge is 0.410 e. The number of hydrogen-bond donors (Lipinski definition) is 1. The van der Waals surface area contributed by atoms with Crippen LogP contribution in [0.4, 0.5) is 4.79 Å². The van der Waals surface area contributed by atoms with Crippen LogP contribution < -0.4 is 5.32 Å². The van der Waals surface area contributed by atoms with Crippen LogP contribution in [0.15, 0.2) is 0 Å². The second kappa shape index (κ2) is 6.99. The van der Waals surface area contributed by atoms with Gasteiger partial charge in [-0.25, -0.2) is 4.79 Å². The molecule has 0 aromatic heterocycles. The van der Waals surface area contributed by atoms with Crippen molar-refractivity contribution >= 4 is 6.09 Å². The Kier molecular flexibility index (Phi) is 6.09.